The summed E-state index contributed by atoms with van der Waals surface area (Å²) in [5, 5.41) is 3.11. The molecule has 94 valence electrons. The number of hydrogen-bond acceptors (Lipinski definition) is 3. The van der Waals surface area contributed by atoms with Gasteiger partial charge >= 0.3 is 0 Å². The first-order chi connectivity index (χ1) is 8.56. The molecule has 2 rings (SSSR count). The van der Waals surface area contributed by atoms with Crippen molar-refractivity contribution in [2.45, 2.75) is 13.5 Å². The van der Waals surface area contributed by atoms with Crippen LogP contribution in [0.15, 0.2) is 30.5 Å². The second-order valence-electron chi connectivity index (χ2n) is 4.01. The number of hydrogen-bond donors (Lipinski definition) is 2. The molecule has 0 atom stereocenters. The Morgan fingerprint density at radius 1 is 1.39 bits per heavy atom. The van der Waals surface area contributed by atoms with E-state index in [0.29, 0.717) is 21.5 Å². The summed E-state index contributed by atoms with van der Waals surface area (Å²) >= 11 is 1.92. The summed E-state index contributed by atoms with van der Waals surface area (Å²) < 4.78 is 13.9. The highest BCUT2D eigenvalue weighted by molar-refractivity contribution is 14.1. The molecule has 18 heavy (non-hydrogen) atoms. The monoisotopic (exact) mass is 357 g/mol. The third-order valence-electron chi connectivity index (χ3n) is 2.55. The van der Waals surface area contributed by atoms with Gasteiger partial charge in [0.05, 0.1) is 14.9 Å². The lowest BCUT2D eigenvalue weighted by Gasteiger charge is -2.10. The molecule has 0 amide bonds. The van der Waals surface area contributed by atoms with Gasteiger partial charge in [0.25, 0.3) is 0 Å². The van der Waals surface area contributed by atoms with Gasteiger partial charge in [-0.05, 0) is 47.2 Å². The molecule has 0 fully saturated rings. The van der Waals surface area contributed by atoms with Crippen molar-refractivity contribution in [1.29, 1.82) is 0 Å². The number of nitrogens with zero attached hydrogens (tertiary/aromatic N) is 1. The van der Waals surface area contributed by atoms with E-state index in [2.05, 4.69) is 10.3 Å². The molecular formula is C13H13FIN3. The van der Waals surface area contributed by atoms with Crippen LogP contribution >= 0.6 is 22.6 Å². The van der Waals surface area contributed by atoms with Crippen molar-refractivity contribution < 1.29 is 4.39 Å². The van der Waals surface area contributed by atoms with Crippen LogP contribution in [0.4, 0.5) is 15.8 Å². The molecule has 0 saturated carbocycles. The first-order valence-electron chi connectivity index (χ1n) is 5.46. The number of nitrogen functional groups attached to an aromatic ring is 1. The third kappa shape index (κ3) is 3.10. The van der Waals surface area contributed by atoms with Crippen molar-refractivity contribution in [3.8, 4) is 0 Å². The lowest BCUT2D eigenvalue weighted by atomic mass is 10.2. The quantitative estimate of drug-likeness (QED) is 0.655. The molecule has 1 heterocycles. The molecule has 1 aromatic heterocycles. The zero-order valence-corrected chi connectivity index (χ0v) is 12.0. The van der Waals surface area contributed by atoms with E-state index in [4.69, 9.17) is 5.73 Å². The van der Waals surface area contributed by atoms with Crippen molar-refractivity contribution in [3.63, 3.8) is 0 Å². The maximum atomic E-state index is 13.4. The molecule has 1 aromatic carbocycles. The highest BCUT2D eigenvalue weighted by Gasteiger charge is 2.05. The molecule has 2 aromatic rings. The predicted molar refractivity (Wildman–Crippen MR) is 79.8 cm³/mol. The van der Waals surface area contributed by atoms with Crippen LogP contribution in [-0.2, 0) is 6.54 Å². The van der Waals surface area contributed by atoms with Crippen LogP contribution in [0, 0.1) is 16.3 Å². The topological polar surface area (TPSA) is 50.9 Å². The number of halogens is 2. The van der Waals surface area contributed by atoms with E-state index in [1.54, 1.807) is 12.3 Å². The van der Waals surface area contributed by atoms with Crippen LogP contribution in [0.2, 0.25) is 0 Å². The molecule has 3 nitrogen and oxygen atoms in total. The van der Waals surface area contributed by atoms with Gasteiger partial charge in [-0.3, -0.25) is 4.98 Å². The van der Waals surface area contributed by atoms with Crippen LogP contribution in [0.5, 0.6) is 0 Å². The number of nitrogens with two attached hydrogens (primary N) is 1. The van der Waals surface area contributed by atoms with Crippen molar-refractivity contribution in [3.05, 3.63) is 51.1 Å². The number of anilines is 2. The number of rotatable bonds is 3. The van der Waals surface area contributed by atoms with Gasteiger partial charge in [0.1, 0.15) is 5.82 Å². The van der Waals surface area contributed by atoms with Gasteiger partial charge in [-0.2, -0.15) is 0 Å². The number of aromatic nitrogens is 1. The molecule has 0 aliphatic carbocycles. The van der Waals surface area contributed by atoms with E-state index in [0.717, 1.165) is 11.3 Å². The van der Waals surface area contributed by atoms with E-state index in [9.17, 15) is 4.39 Å². The summed E-state index contributed by atoms with van der Waals surface area (Å²) in [6, 6.07) is 6.95. The molecule has 0 bridgehead atoms. The Hall–Kier alpha value is -1.37. The number of nitrogens with one attached hydrogen (secondary N) is 1. The van der Waals surface area contributed by atoms with Gasteiger partial charge in [0, 0.05) is 24.5 Å². The average Bonchev–Trinajstić information content (AvgIpc) is 2.34. The van der Waals surface area contributed by atoms with Crippen LogP contribution in [0.3, 0.4) is 0 Å². The minimum Gasteiger partial charge on any atom is -0.397 e. The van der Waals surface area contributed by atoms with E-state index < -0.39 is 0 Å². The normalized spacial score (nSPS) is 10.4. The molecule has 0 aliphatic heterocycles. The van der Waals surface area contributed by atoms with Crippen LogP contribution < -0.4 is 11.1 Å². The van der Waals surface area contributed by atoms with Gasteiger partial charge < -0.3 is 11.1 Å². The Labute approximate surface area is 119 Å². The summed E-state index contributed by atoms with van der Waals surface area (Å²) in [6.45, 7) is 2.50. The second-order valence-corrected chi connectivity index (χ2v) is 5.18. The minimum absolute atomic E-state index is 0.269. The van der Waals surface area contributed by atoms with E-state index >= 15 is 0 Å². The SMILES string of the molecule is Cc1ccc(CNc2cc(F)c(I)cc2N)cn1. The smallest absolute Gasteiger partial charge is 0.138 e. The van der Waals surface area contributed by atoms with Crippen molar-refractivity contribution in [2.24, 2.45) is 0 Å². The summed E-state index contributed by atoms with van der Waals surface area (Å²) in [5.74, 6) is -0.269. The van der Waals surface area contributed by atoms with Crippen LogP contribution in [0.25, 0.3) is 0 Å². The van der Waals surface area contributed by atoms with Crippen molar-refractivity contribution in [2.75, 3.05) is 11.1 Å². The first-order valence-corrected chi connectivity index (χ1v) is 6.54. The second kappa shape index (κ2) is 5.51. The Kier molecular flexibility index (Phi) is 4.00. The average molecular weight is 357 g/mol. The van der Waals surface area contributed by atoms with Gasteiger partial charge in [-0.15, -0.1) is 0 Å². The third-order valence-corrected chi connectivity index (χ3v) is 3.37. The van der Waals surface area contributed by atoms with Gasteiger partial charge in [0.2, 0.25) is 0 Å². The van der Waals surface area contributed by atoms with E-state index in [1.165, 1.54) is 6.07 Å². The summed E-state index contributed by atoms with van der Waals surface area (Å²) in [7, 11) is 0. The Balaban J connectivity index is 2.10. The molecule has 0 spiro atoms. The summed E-state index contributed by atoms with van der Waals surface area (Å²) in [4.78, 5) is 4.20. The van der Waals surface area contributed by atoms with Gasteiger partial charge in [0.15, 0.2) is 0 Å². The predicted octanol–water partition coefficient (Wildman–Crippen LogP) is 3.33. The molecular weight excluding hydrogens is 344 g/mol. The fourth-order valence-electron chi connectivity index (χ4n) is 1.52. The molecule has 0 saturated heterocycles. The summed E-state index contributed by atoms with van der Waals surface area (Å²) in [5.41, 5.74) is 8.97. The molecule has 0 aliphatic rings. The van der Waals surface area contributed by atoms with Crippen LogP contribution in [-0.4, -0.2) is 4.98 Å². The van der Waals surface area contributed by atoms with Gasteiger partial charge in [-0.25, -0.2) is 4.39 Å². The van der Waals surface area contributed by atoms with Crippen LogP contribution in [0.1, 0.15) is 11.3 Å². The van der Waals surface area contributed by atoms with E-state index in [1.807, 2.05) is 41.6 Å². The minimum atomic E-state index is -0.269. The number of pyridine rings is 1. The maximum Gasteiger partial charge on any atom is 0.138 e. The number of benzene rings is 1. The largest absolute Gasteiger partial charge is 0.397 e. The zero-order chi connectivity index (χ0) is 13.1. The Morgan fingerprint density at radius 2 is 2.17 bits per heavy atom. The standard InChI is InChI=1S/C13H13FIN3/c1-8-2-3-9(6-17-8)7-18-13-4-10(14)11(15)5-12(13)16/h2-6,18H,7,16H2,1H3. The zero-order valence-electron chi connectivity index (χ0n) is 9.87. The van der Waals surface area contributed by atoms with Crippen molar-refractivity contribution >= 4 is 34.0 Å². The molecule has 3 N–H and O–H groups in total. The highest BCUT2D eigenvalue weighted by Crippen LogP contribution is 2.24. The summed E-state index contributed by atoms with van der Waals surface area (Å²) in [6.07, 6.45) is 1.79. The highest BCUT2D eigenvalue weighted by atomic mass is 127. The fraction of sp³-hybridized carbons (Fsp3) is 0.154. The fourth-order valence-corrected chi connectivity index (χ4v) is 2.01. The Morgan fingerprint density at radius 3 is 2.83 bits per heavy atom. The van der Waals surface area contributed by atoms with E-state index in [-0.39, 0.29) is 5.82 Å². The molecule has 0 unspecified atom stereocenters. The molecule has 0 radical (unpaired) electrons. The lowest BCUT2D eigenvalue weighted by molar-refractivity contribution is 0.621. The first kappa shape index (κ1) is 13.1. The van der Waals surface area contributed by atoms with Gasteiger partial charge in [-0.1, -0.05) is 6.07 Å². The maximum absolute atomic E-state index is 13.4. The lowest BCUT2D eigenvalue weighted by Crippen LogP contribution is -2.04. The Bertz CT molecular complexity index is 555. The molecule has 5 heteroatoms. The number of aryl methyl sites for hydroxylation is 1. The van der Waals surface area contributed by atoms with Crippen molar-refractivity contribution in [1.82, 2.24) is 4.98 Å².